The van der Waals surface area contributed by atoms with Crippen molar-refractivity contribution in [2.45, 2.75) is 72.1 Å². The second-order valence-corrected chi connectivity index (χ2v) is 9.17. The van der Waals surface area contributed by atoms with E-state index in [1.165, 1.54) is 11.1 Å². The van der Waals surface area contributed by atoms with Gasteiger partial charge in [0.15, 0.2) is 0 Å². The van der Waals surface area contributed by atoms with E-state index in [0.29, 0.717) is 18.6 Å². The molecule has 0 unspecified atom stereocenters. The fourth-order valence-electron chi connectivity index (χ4n) is 2.91. The molecule has 0 aliphatic rings. The maximum Gasteiger partial charge on any atom is 0.311 e. The Bertz CT molecular complexity index is 756. The summed E-state index contributed by atoms with van der Waals surface area (Å²) in [5, 5.41) is 0. The molecule has 2 rings (SSSR count). The van der Waals surface area contributed by atoms with Gasteiger partial charge in [0.05, 0.1) is 0 Å². The van der Waals surface area contributed by atoms with Gasteiger partial charge < -0.3 is 4.74 Å². The highest BCUT2D eigenvalue weighted by atomic mass is 16.5. The highest BCUT2D eigenvalue weighted by Gasteiger charge is 2.21. The molecular weight excluding hydrogens is 320 g/mol. The van der Waals surface area contributed by atoms with Crippen molar-refractivity contribution in [3.05, 3.63) is 64.7 Å². The Balaban J connectivity index is 2.02. The molecule has 0 aliphatic carbocycles. The maximum absolute atomic E-state index is 12.4. The lowest BCUT2D eigenvalue weighted by atomic mass is 9.85. The number of rotatable bonds is 4. The van der Waals surface area contributed by atoms with Gasteiger partial charge in [0, 0.05) is 12.0 Å². The smallest absolute Gasteiger partial charge is 0.311 e. The Kier molecular flexibility index (Phi) is 5.95. The molecule has 0 aromatic heterocycles. The molecule has 2 aromatic rings. The molecule has 0 fully saturated rings. The van der Waals surface area contributed by atoms with E-state index in [-0.39, 0.29) is 16.8 Å². The molecule has 0 N–H and O–H groups in total. The van der Waals surface area contributed by atoms with E-state index in [2.05, 4.69) is 78.8 Å². The zero-order chi connectivity index (χ0) is 19.5. The lowest BCUT2D eigenvalue weighted by Gasteiger charge is -2.23. The summed E-state index contributed by atoms with van der Waals surface area (Å²) in [7, 11) is 0. The largest absolute Gasteiger partial charge is 0.426 e. The third kappa shape index (κ3) is 5.45. The predicted octanol–water partition coefficient (Wildman–Crippen LogP) is 6.13. The molecule has 26 heavy (non-hydrogen) atoms. The number of benzene rings is 2. The molecule has 0 atom stereocenters. The van der Waals surface area contributed by atoms with Gasteiger partial charge >= 0.3 is 5.97 Å². The van der Waals surface area contributed by atoms with Crippen LogP contribution < -0.4 is 4.74 Å². The molecular formula is C24H32O2. The van der Waals surface area contributed by atoms with Crippen LogP contribution in [0.4, 0.5) is 0 Å². The molecule has 0 saturated heterocycles. The molecule has 0 saturated carbocycles. The third-order valence-electron chi connectivity index (χ3n) is 4.60. The highest BCUT2D eigenvalue weighted by molar-refractivity contribution is 5.73. The Labute approximate surface area is 158 Å². The van der Waals surface area contributed by atoms with Crippen molar-refractivity contribution >= 4 is 5.97 Å². The first-order chi connectivity index (χ1) is 12.0. The standard InChI is InChI=1S/C24H32O2/c1-17-8-14-21(20(16-17)24(5,6)7)26-22(25)15-11-18-9-12-19(13-10-18)23(2,3)4/h8-10,12-14,16H,11,15H2,1-7H3. The van der Waals surface area contributed by atoms with Crippen LogP contribution >= 0.6 is 0 Å². The van der Waals surface area contributed by atoms with Gasteiger partial charge in [-0.25, -0.2) is 0 Å². The zero-order valence-electron chi connectivity index (χ0n) is 17.3. The molecule has 0 radical (unpaired) electrons. The fraction of sp³-hybridized carbons (Fsp3) is 0.458. The average Bonchev–Trinajstić information content (AvgIpc) is 2.53. The van der Waals surface area contributed by atoms with Crippen LogP contribution in [0.15, 0.2) is 42.5 Å². The molecule has 2 heteroatoms. The van der Waals surface area contributed by atoms with Gasteiger partial charge in [-0.2, -0.15) is 0 Å². The molecule has 2 nitrogen and oxygen atoms in total. The summed E-state index contributed by atoms with van der Waals surface area (Å²) in [5.74, 6) is 0.496. The molecule has 0 spiro atoms. The first-order valence-corrected chi connectivity index (χ1v) is 9.38. The minimum absolute atomic E-state index is 0.0651. The maximum atomic E-state index is 12.4. The summed E-state index contributed by atoms with van der Waals surface area (Å²) in [6.45, 7) is 15.1. The second kappa shape index (κ2) is 7.65. The Morgan fingerprint density at radius 3 is 2.04 bits per heavy atom. The normalized spacial score (nSPS) is 12.1. The first-order valence-electron chi connectivity index (χ1n) is 9.38. The van der Waals surface area contributed by atoms with Gasteiger partial charge in [-0.1, -0.05) is 83.5 Å². The van der Waals surface area contributed by atoms with Gasteiger partial charge in [0.1, 0.15) is 5.75 Å². The summed E-state index contributed by atoms with van der Waals surface area (Å²) in [6, 6.07) is 14.5. The SMILES string of the molecule is Cc1ccc(OC(=O)CCc2ccc(C(C)(C)C)cc2)c(C(C)(C)C)c1. The first kappa shape index (κ1) is 20.2. The van der Waals surface area contributed by atoms with Crippen molar-refractivity contribution in [3.8, 4) is 5.75 Å². The Morgan fingerprint density at radius 1 is 0.885 bits per heavy atom. The van der Waals surface area contributed by atoms with Crippen molar-refractivity contribution < 1.29 is 9.53 Å². The van der Waals surface area contributed by atoms with Crippen LogP contribution in [0.1, 0.15) is 70.2 Å². The van der Waals surface area contributed by atoms with Gasteiger partial charge in [0.25, 0.3) is 0 Å². The number of carbonyl (C=O) groups is 1. The fourth-order valence-corrected chi connectivity index (χ4v) is 2.91. The van der Waals surface area contributed by atoms with E-state index >= 15 is 0 Å². The predicted molar refractivity (Wildman–Crippen MR) is 109 cm³/mol. The number of esters is 1. The van der Waals surface area contributed by atoms with Gasteiger partial charge in [0.2, 0.25) is 0 Å². The lowest BCUT2D eigenvalue weighted by Crippen LogP contribution is -2.17. The molecule has 0 amide bonds. The molecule has 2 aromatic carbocycles. The Morgan fingerprint density at radius 2 is 1.50 bits per heavy atom. The minimum atomic E-state index is -0.181. The minimum Gasteiger partial charge on any atom is -0.426 e. The van der Waals surface area contributed by atoms with Crippen LogP contribution in [0.25, 0.3) is 0 Å². The van der Waals surface area contributed by atoms with Crippen LogP contribution in [-0.2, 0) is 22.0 Å². The summed E-state index contributed by atoms with van der Waals surface area (Å²) >= 11 is 0. The van der Waals surface area contributed by atoms with Crippen LogP contribution in [-0.4, -0.2) is 5.97 Å². The summed E-state index contributed by atoms with van der Waals surface area (Å²) in [6.07, 6.45) is 1.08. The molecule has 0 heterocycles. The van der Waals surface area contributed by atoms with E-state index in [0.717, 1.165) is 11.1 Å². The van der Waals surface area contributed by atoms with Crippen molar-refractivity contribution in [1.29, 1.82) is 0 Å². The van der Waals surface area contributed by atoms with E-state index < -0.39 is 0 Å². The van der Waals surface area contributed by atoms with E-state index in [4.69, 9.17) is 4.74 Å². The van der Waals surface area contributed by atoms with E-state index in [1.54, 1.807) is 0 Å². The molecule has 0 bridgehead atoms. The van der Waals surface area contributed by atoms with Gasteiger partial charge in [-0.05, 0) is 41.4 Å². The van der Waals surface area contributed by atoms with Crippen molar-refractivity contribution in [1.82, 2.24) is 0 Å². The third-order valence-corrected chi connectivity index (χ3v) is 4.60. The van der Waals surface area contributed by atoms with Crippen molar-refractivity contribution in [3.63, 3.8) is 0 Å². The molecule has 140 valence electrons. The van der Waals surface area contributed by atoms with Crippen molar-refractivity contribution in [2.75, 3.05) is 0 Å². The number of carbonyl (C=O) groups excluding carboxylic acids is 1. The number of hydrogen-bond donors (Lipinski definition) is 0. The highest BCUT2D eigenvalue weighted by Crippen LogP contribution is 2.32. The van der Waals surface area contributed by atoms with Crippen LogP contribution in [0, 0.1) is 6.92 Å². The van der Waals surface area contributed by atoms with Crippen molar-refractivity contribution in [2.24, 2.45) is 0 Å². The van der Waals surface area contributed by atoms with Gasteiger partial charge in [-0.15, -0.1) is 0 Å². The number of ether oxygens (including phenoxy) is 1. The number of aryl methyl sites for hydroxylation is 2. The average molecular weight is 353 g/mol. The van der Waals surface area contributed by atoms with E-state index in [1.807, 2.05) is 12.1 Å². The summed E-state index contributed by atoms with van der Waals surface area (Å²) in [5.41, 5.74) is 4.79. The second-order valence-electron chi connectivity index (χ2n) is 9.17. The summed E-state index contributed by atoms with van der Waals surface area (Å²) in [4.78, 5) is 12.4. The number of hydrogen-bond acceptors (Lipinski definition) is 2. The van der Waals surface area contributed by atoms with Crippen LogP contribution in [0.2, 0.25) is 0 Å². The monoisotopic (exact) mass is 352 g/mol. The van der Waals surface area contributed by atoms with E-state index in [9.17, 15) is 4.79 Å². The lowest BCUT2D eigenvalue weighted by molar-refractivity contribution is -0.134. The zero-order valence-corrected chi connectivity index (χ0v) is 17.3. The summed E-state index contributed by atoms with van der Waals surface area (Å²) < 4.78 is 5.69. The quantitative estimate of drug-likeness (QED) is 0.489. The van der Waals surface area contributed by atoms with Crippen LogP contribution in [0.5, 0.6) is 5.75 Å². The van der Waals surface area contributed by atoms with Gasteiger partial charge in [-0.3, -0.25) is 4.79 Å². The Hall–Kier alpha value is -2.09. The molecule has 0 aliphatic heterocycles. The van der Waals surface area contributed by atoms with Crippen LogP contribution in [0.3, 0.4) is 0 Å². The topological polar surface area (TPSA) is 26.3 Å².